The van der Waals surface area contributed by atoms with Gasteiger partial charge in [-0.15, -0.1) is 0 Å². The molecule has 0 aliphatic heterocycles. The van der Waals surface area contributed by atoms with E-state index in [0.29, 0.717) is 11.5 Å². The highest BCUT2D eigenvalue weighted by Gasteiger charge is 2.11. The molecule has 0 saturated heterocycles. The van der Waals surface area contributed by atoms with Crippen molar-refractivity contribution in [3.63, 3.8) is 0 Å². The number of hydrogen-bond acceptors (Lipinski definition) is 4. The van der Waals surface area contributed by atoms with Gasteiger partial charge in [0.25, 0.3) is 0 Å². The average molecular weight is 191 g/mol. The fourth-order valence-corrected chi connectivity index (χ4v) is 1.23. The minimum absolute atomic E-state index is 0.134. The molecule has 1 heterocycles. The number of nitrogens with two attached hydrogens (primary N) is 1. The monoisotopic (exact) mass is 191 g/mol. The predicted molar refractivity (Wildman–Crippen MR) is 41.9 cm³/mol. The third-order valence-corrected chi connectivity index (χ3v) is 1.61. The van der Waals surface area contributed by atoms with Crippen molar-refractivity contribution in [2.45, 2.75) is 13.8 Å². The second-order valence-corrected chi connectivity index (χ2v) is 3.51. The number of hydrogen-bond donors (Lipinski definition) is 1. The van der Waals surface area contributed by atoms with E-state index < -0.39 is 10.3 Å². The van der Waals surface area contributed by atoms with Crippen LogP contribution in [0.3, 0.4) is 0 Å². The molecule has 12 heavy (non-hydrogen) atoms. The van der Waals surface area contributed by atoms with E-state index >= 15 is 0 Å². The smallest absolute Gasteiger partial charge is 0.380 e. The molecule has 0 bridgehead atoms. The maximum atomic E-state index is 10.5. The van der Waals surface area contributed by atoms with Crippen LogP contribution in [0.2, 0.25) is 0 Å². The first-order chi connectivity index (χ1) is 5.38. The van der Waals surface area contributed by atoms with Crippen LogP contribution in [0.25, 0.3) is 0 Å². The lowest BCUT2D eigenvalue weighted by Crippen LogP contribution is -2.18. The van der Waals surface area contributed by atoms with Gasteiger partial charge < -0.3 is 8.60 Å². The third kappa shape index (κ3) is 2.24. The lowest BCUT2D eigenvalue weighted by atomic mass is 10.4. The highest BCUT2D eigenvalue weighted by atomic mass is 32.2. The second kappa shape index (κ2) is 2.80. The summed E-state index contributed by atoms with van der Waals surface area (Å²) >= 11 is 0. The molecule has 1 aromatic rings. The number of aryl methyl sites for hydroxylation is 2. The van der Waals surface area contributed by atoms with Crippen LogP contribution in [0.5, 0.6) is 5.75 Å². The molecular formula is C6H9NO4S. The molecule has 0 atom stereocenters. The van der Waals surface area contributed by atoms with Crippen LogP contribution < -0.4 is 9.32 Å². The van der Waals surface area contributed by atoms with Crippen LogP contribution in [0, 0.1) is 13.8 Å². The summed E-state index contributed by atoms with van der Waals surface area (Å²) in [6.45, 7) is 3.27. The van der Waals surface area contributed by atoms with E-state index in [2.05, 4.69) is 9.32 Å². The molecule has 1 aromatic heterocycles. The highest BCUT2D eigenvalue weighted by molar-refractivity contribution is 7.84. The largest absolute Gasteiger partial charge is 0.463 e. The molecule has 68 valence electrons. The van der Waals surface area contributed by atoms with Crippen molar-refractivity contribution < 1.29 is 17.0 Å². The zero-order valence-corrected chi connectivity index (χ0v) is 7.51. The summed E-state index contributed by atoms with van der Waals surface area (Å²) in [5, 5.41) is 4.65. The highest BCUT2D eigenvalue weighted by Crippen LogP contribution is 2.22. The van der Waals surface area contributed by atoms with E-state index in [1.807, 2.05) is 0 Å². The SMILES string of the molecule is Cc1cc(OS(N)(=O)=O)c(C)o1. The fraction of sp³-hybridized carbons (Fsp3) is 0.333. The van der Waals surface area contributed by atoms with Gasteiger partial charge in [0, 0.05) is 6.07 Å². The van der Waals surface area contributed by atoms with Crippen LogP contribution in [0.15, 0.2) is 10.5 Å². The Morgan fingerprint density at radius 3 is 2.42 bits per heavy atom. The summed E-state index contributed by atoms with van der Waals surface area (Å²) in [6.07, 6.45) is 0. The Kier molecular flexibility index (Phi) is 2.12. The van der Waals surface area contributed by atoms with Gasteiger partial charge in [0.05, 0.1) is 0 Å². The Balaban J connectivity index is 2.97. The Morgan fingerprint density at radius 1 is 1.50 bits per heavy atom. The van der Waals surface area contributed by atoms with Gasteiger partial charge in [-0.2, -0.15) is 13.6 Å². The average Bonchev–Trinajstić information content (AvgIpc) is 2.06. The van der Waals surface area contributed by atoms with E-state index in [9.17, 15) is 8.42 Å². The van der Waals surface area contributed by atoms with Crippen molar-refractivity contribution in [1.29, 1.82) is 0 Å². The molecule has 0 fully saturated rings. The molecule has 0 aliphatic carbocycles. The summed E-state index contributed by atoms with van der Waals surface area (Å²) in [5.74, 6) is 1.10. The molecule has 0 aromatic carbocycles. The first-order valence-corrected chi connectivity index (χ1v) is 4.65. The van der Waals surface area contributed by atoms with Crippen LogP contribution in [-0.2, 0) is 10.3 Å². The predicted octanol–water partition coefficient (Wildman–Crippen LogP) is 0.479. The molecule has 0 saturated carbocycles. The van der Waals surface area contributed by atoms with Gasteiger partial charge in [-0.1, -0.05) is 0 Å². The molecule has 6 heteroatoms. The van der Waals surface area contributed by atoms with Gasteiger partial charge in [0.2, 0.25) is 0 Å². The lowest BCUT2D eigenvalue weighted by molar-refractivity contribution is 0.460. The van der Waals surface area contributed by atoms with E-state index in [-0.39, 0.29) is 5.75 Å². The molecule has 0 radical (unpaired) electrons. The molecule has 0 amide bonds. The number of rotatable bonds is 2. The topological polar surface area (TPSA) is 82.5 Å². The van der Waals surface area contributed by atoms with E-state index in [4.69, 9.17) is 4.42 Å². The Hall–Kier alpha value is -1.01. The van der Waals surface area contributed by atoms with Crippen molar-refractivity contribution in [3.05, 3.63) is 17.6 Å². The minimum atomic E-state index is -3.95. The van der Waals surface area contributed by atoms with Crippen LogP contribution >= 0.6 is 0 Å². The van der Waals surface area contributed by atoms with Crippen molar-refractivity contribution >= 4 is 10.3 Å². The maximum absolute atomic E-state index is 10.5. The summed E-state index contributed by atoms with van der Waals surface area (Å²) in [4.78, 5) is 0. The summed E-state index contributed by atoms with van der Waals surface area (Å²) in [5.41, 5.74) is 0. The van der Waals surface area contributed by atoms with Crippen molar-refractivity contribution in [1.82, 2.24) is 0 Å². The van der Waals surface area contributed by atoms with Gasteiger partial charge in [0.1, 0.15) is 11.5 Å². The molecule has 0 spiro atoms. The first kappa shape index (κ1) is 9.08. The zero-order valence-electron chi connectivity index (χ0n) is 6.70. The van der Waals surface area contributed by atoms with E-state index in [0.717, 1.165) is 0 Å². The fourth-order valence-electron chi connectivity index (χ4n) is 0.815. The van der Waals surface area contributed by atoms with Crippen molar-refractivity contribution in [2.75, 3.05) is 0 Å². The molecule has 5 nitrogen and oxygen atoms in total. The Labute approximate surface area is 70.4 Å². The first-order valence-electron chi connectivity index (χ1n) is 3.18. The molecule has 0 unspecified atom stereocenters. The zero-order chi connectivity index (χ0) is 9.35. The summed E-state index contributed by atoms with van der Waals surface area (Å²) in [6, 6.07) is 1.46. The van der Waals surface area contributed by atoms with Crippen LogP contribution in [0.1, 0.15) is 11.5 Å². The molecule has 0 aliphatic rings. The molecule has 2 N–H and O–H groups in total. The van der Waals surface area contributed by atoms with Crippen LogP contribution in [-0.4, -0.2) is 8.42 Å². The second-order valence-electron chi connectivity index (χ2n) is 2.35. The Bertz CT molecular complexity index is 378. The maximum Gasteiger partial charge on any atom is 0.380 e. The quantitative estimate of drug-likeness (QED) is 0.736. The summed E-state index contributed by atoms with van der Waals surface area (Å²) in [7, 11) is -3.95. The van der Waals surface area contributed by atoms with Gasteiger partial charge in [-0.25, -0.2) is 0 Å². The van der Waals surface area contributed by atoms with Gasteiger partial charge >= 0.3 is 10.3 Å². The lowest BCUT2D eigenvalue weighted by Gasteiger charge is -1.97. The van der Waals surface area contributed by atoms with Gasteiger partial charge in [0.15, 0.2) is 5.75 Å². The van der Waals surface area contributed by atoms with Crippen LogP contribution in [0.4, 0.5) is 0 Å². The summed E-state index contributed by atoms with van der Waals surface area (Å²) < 4.78 is 30.4. The molecular weight excluding hydrogens is 182 g/mol. The number of furan rings is 1. The van der Waals surface area contributed by atoms with Gasteiger partial charge in [-0.05, 0) is 13.8 Å². The third-order valence-electron chi connectivity index (χ3n) is 1.20. The van der Waals surface area contributed by atoms with Crippen molar-refractivity contribution in [2.24, 2.45) is 5.14 Å². The Morgan fingerprint density at radius 2 is 2.08 bits per heavy atom. The van der Waals surface area contributed by atoms with Gasteiger partial charge in [-0.3, -0.25) is 0 Å². The van der Waals surface area contributed by atoms with E-state index in [1.54, 1.807) is 13.8 Å². The molecule has 1 rings (SSSR count). The normalized spacial score (nSPS) is 11.6. The van der Waals surface area contributed by atoms with E-state index in [1.165, 1.54) is 6.07 Å². The van der Waals surface area contributed by atoms with Crippen molar-refractivity contribution in [3.8, 4) is 5.75 Å². The standard InChI is InChI=1S/C6H9NO4S/c1-4-3-6(5(2)10-4)11-12(7,8)9/h3H,1-2H3,(H2,7,8,9). The minimum Gasteiger partial charge on any atom is -0.463 e.